The summed E-state index contributed by atoms with van der Waals surface area (Å²) >= 11 is 0. The van der Waals surface area contributed by atoms with Crippen molar-refractivity contribution in [1.29, 1.82) is 0 Å². The number of phenolic OH excluding ortho intramolecular Hbond substituents is 1. The monoisotopic (exact) mass is 713 g/mol. The number of carbonyl (C=O) groups is 2. The van der Waals surface area contributed by atoms with E-state index in [1.807, 2.05) is 25.1 Å². The normalized spacial score (nSPS) is 10.8. The molecule has 2 aliphatic carbocycles. The fourth-order valence-electron chi connectivity index (χ4n) is 6.19. The molecular weight excluding hydrogens is 687 g/mol. The van der Waals surface area contributed by atoms with Gasteiger partial charge >= 0.3 is 11.9 Å². The van der Waals surface area contributed by atoms with E-state index in [1.165, 1.54) is 42.5 Å². The summed E-state index contributed by atoms with van der Waals surface area (Å²) in [6.07, 6.45) is 0. The number of carboxylic acids is 2. The van der Waals surface area contributed by atoms with Gasteiger partial charge in [-0.3, -0.25) is 9.59 Å². The van der Waals surface area contributed by atoms with Crippen LogP contribution in [0.2, 0.25) is 0 Å². The van der Waals surface area contributed by atoms with Crippen molar-refractivity contribution >= 4 is 33.9 Å². The van der Waals surface area contributed by atoms with Crippen LogP contribution < -0.4 is 10.9 Å². The average Bonchev–Trinajstić information content (AvgIpc) is 3.09. The van der Waals surface area contributed by atoms with Crippen LogP contribution in [0.3, 0.4) is 0 Å². The maximum absolute atomic E-state index is 11.8. The Bertz CT molecular complexity index is 2500. The molecule has 0 bridgehead atoms. The number of carboxylic acid groups (broad SMARTS) is 2. The zero-order chi connectivity index (χ0) is 35.1. The molecule has 4 aromatic rings. The maximum atomic E-state index is 11.8. The van der Waals surface area contributed by atoms with E-state index in [4.69, 9.17) is 8.83 Å². The van der Waals surface area contributed by atoms with Crippen LogP contribution in [0, 0.1) is 6.92 Å². The van der Waals surface area contributed by atoms with Gasteiger partial charge in [-0.05, 0) is 78.2 Å². The number of phenols is 1. The van der Waals surface area contributed by atoms with E-state index in [2.05, 4.69) is 0 Å². The fourth-order valence-corrected chi connectivity index (χ4v) is 6.19. The molecule has 8 rings (SSSR count). The molecule has 0 saturated heterocycles. The number of aromatic hydroxyl groups is 1. The number of benzene rings is 6. The van der Waals surface area contributed by atoms with E-state index < -0.39 is 11.9 Å². The van der Waals surface area contributed by atoms with E-state index in [0.29, 0.717) is 55.9 Å². The Morgan fingerprint density at radius 1 is 0.529 bits per heavy atom. The van der Waals surface area contributed by atoms with Crippen LogP contribution >= 0.6 is 0 Å². The molecule has 0 atom stereocenters. The SMILES string of the molecule is Cc1ccc2c(-c3ccccc3C(=O)O)c3ccc(=O)cc-3oc2c1.O=C(O)c1ccccc1-c1c2ccc(=O)cc-2oc2cc(O)ccc12.[V]. The summed E-state index contributed by atoms with van der Waals surface area (Å²) in [6.45, 7) is 1.95. The largest absolute Gasteiger partial charge is 0.508 e. The standard InChI is InChI=1S/C21H14O4.C20H12O5.V/c1-12-6-8-16-18(10-12)25-19-11-13(22)7-9-17(19)20(16)14-4-2-3-5-15(14)21(23)24;21-11-5-7-15-17(9-11)25-18-10-12(22)6-8-16(18)19(15)13-3-1-2-4-14(13)20(23)24;/h2-11H,1H3,(H,23,24);1-10,21H,(H,23,24);. The molecule has 0 spiro atoms. The van der Waals surface area contributed by atoms with Crippen molar-refractivity contribution in [3.05, 3.63) is 158 Å². The van der Waals surface area contributed by atoms with Crippen molar-refractivity contribution < 1.29 is 52.3 Å². The van der Waals surface area contributed by atoms with Gasteiger partial charge < -0.3 is 24.2 Å². The molecule has 0 aromatic heterocycles. The Balaban J connectivity index is 0.000000172. The Labute approximate surface area is 301 Å². The predicted octanol–water partition coefficient (Wildman–Crippen LogP) is 8.54. The Kier molecular flexibility index (Phi) is 9.34. The molecular formula is C41H26O9V. The summed E-state index contributed by atoms with van der Waals surface area (Å²) in [5.74, 6) is -1.24. The van der Waals surface area contributed by atoms with Gasteiger partial charge in [0.25, 0.3) is 0 Å². The first-order valence-electron chi connectivity index (χ1n) is 15.4. The number of aryl methyl sites for hydroxylation is 1. The molecule has 2 aliphatic heterocycles. The van der Waals surface area contributed by atoms with Gasteiger partial charge in [-0.15, -0.1) is 0 Å². The van der Waals surface area contributed by atoms with E-state index in [-0.39, 0.29) is 46.3 Å². The molecule has 0 saturated carbocycles. The first-order valence-corrected chi connectivity index (χ1v) is 15.4. The minimum atomic E-state index is -1.04. The second-order valence-corrected chi connectivity index (χ2v) is 11.7. The third-order valence-corrected chi connectivity index (χ3v) is 8.38. The number of hydrogen-bond donors (Lipinski definition) is 3. The van der Waals surface area contributed by atoms with E-state index >= 15 is 0 Å². The van der Waals surface area contributed by atoms with E-state index in [1.54, 1.807) is 60.7 Å². The summed E-state index contributed by atoms with van der Waals surface area (Å²) in [5, 5.41) is 30.3. The van der Waals surface area contributed by atoms with Crippen LogP contribution in [0.15, 0.2) is 140 Å². The molecule has 51 heavy (non-hydrogen) atoms. The van der Waals surface area contributed by atoms with Crippen molar-refractivity contribution in [2.45, 2.75) is 6.92 Å². The topological polar surface area (TPSA) is 155 Å². The Morgan fingerprint density at radius 3 is 1.47 bits per heavy atom. The molecule has 0 unspecified atom stereocenters. The van der Waals surface area contributed by atoms with Crippen LogP contribution in [0.5, 0.6) is 5.75 Å². The molecule has 4 aliphatic rings. The van der Waals surface area contributed by atoms with E-state index in [0.717, 1.165) is 16.5 Å². The molecule has 10 heteroatoms. The molecule has 3 N–H and O–H groups in total. The van der Waals surface area contributed by atoms with Gasteiger partial charge in [-0.25, -0.2) is 9.59 Å². The Morgan fingerprint density at radius 2 is 0.980 bits per heavy atom. The van der Waals surface area contributed by atoms with Gasteiger partial charge in [0.05, 0.1) is 11.1 Å². The summed E-state index contributed by atoms with van der Waals surface area (Å²) in [6, 6.07) is 32.9. The molecule has 249 valence electrons. The minimum Gasteiger partial charge on any atom is -0.508 e. The van der Waals surface area contributed by atoms with E-state index in [9.17, 15) is 34.5 Å². The molecule has 0 fully saturated rings. The predicted molar refractivity (Wildman–Crippen MR) is 189 cm³/mol. The number of rotatable bonds is 4. The quantitative estimate of drug-likeness (QED) is 0.152. The van der Waals surface area contributed by atoms with Crippen molar-refractivity contribution in [2.75, 3.05) is 0 Å². The van der Waals surface area contributed by atoms with Crippen LogP contribution in [0.1, 0.15) is 26.3 Å². The van der Waals surface area contributed by atoms with Crippen LogP contribution in [0.4, 0.5) is 0 Å². The zero-order valence-corrected chi connectivity index (χ0v) is 28.2. The number of aromatic carboxylic acids is 2. The first-order chi connectivity index (χ1) is 24.1. The summed E-state index contributed by atoms with van der Waals surface area (Å²) in [5.41, 5.74) is 5.87. The minimum absolute atomic E-state index is 0. The third-order valence-electron chi connectivity index (χ3n) is 8.38. The Hall–Kier alpha value is -6.42. The number of hydrogen-bond acceptors (Lipinski definition) is 7. The average molecular weight is 714 g/mol. The van der Waals surface area contributed by atoms with Gasteiger partial charge in [0.15, 0.2) is 10.9 Å². The number of fused-ring (bicyclic) bond motifs is 4. The molecule has 1 radical (unpaired) electrons. The summed E-state index contributed by atoms with van der Waals surface area (Å²) < 4.78 is 11.7. The van der Waals surface area contributed by atoms with Gasteiger partial charge in [0, 0.05) is 69.8 Å². The summed E-state index contributed by atoms with van der Waals surface area (Å²) in [7, 11) is 0. The molecule has 0 amide bonds. The smallest absolute Gasteiger partial charge is 0.336 e. The zero-order valence-electron chi connectivity index (χ0n) is 26.8. The molecule has 9 nitrogen and oxygen atoms in total. The molecule has 2 heterocycles. The fraction of sp³-hybridized carbons (Fsp3) is 0.0244. The van der Waals surface area contributed by atoms with Crippen molar-refractivity contribution in [2.24, 2.45) is 0 Å². The van der Waals surface area contributed by atoms with Gasteiger partial charge in [-0.2, -0.15) is 0 Å². The first kappa shape index (κ1) is 34.4. The van der Waals surface area contributed by atoms with Crippen LogP contribution in [-0.4, -0.2) is 27.3 Å². The second-order valence-electron chi connectivity index (χ2n) is 11.7. The van der Waals surface area contributed by atoms with Crippen molar-refractivity contribution in [3.8, 4) is 50.7 Å². The van der Waals surface area contributed by atoms with Crippen molar-refractivity contribution in [3.63, 3.8) is 0 Å². The maximum Gasteiger partial charge on any atom is 0.336 e. The van der Waals surface area contributed by atoms with Gasteiger partial charge in [0.1, 0.15) is 28.4 Å². The van der Waals surface area contributed by atoms with Gasteiger partial charge in [0.2, 0.25) is 0 Å². The third kappa shape index (κ3) is 6.51. The summed E-state index contributed by atoms with van der Waals surface area (Å²) in [4.78, 5) is 46.8. The second kappa shape index (κ2) is 13.8. The molecule has 4 aromatic carbocycles. The van der Waals surface area contributed by atoms with Crippen LogP contribution in [0.25, 0.3) is 66.8 Å². The van der Waals surface area contributed by atoms with Gasteiger partial charge in [-0.1, -0.05) is 48.5 Å². The van der Waals surface area contributed by atoms with Crippen molar-refractivity contribution in [1.82, 2.24) is 0 Å². The van der Waals surface area contributed by atoms with Crippen LogP contribution in [-0.2, 0) is 18.6 Å².